The van der Waals surface area contributed by atoms with E-state index in [0.29, 0.717) is 6.61 Å². The molecule has 0 aliphatic rings. The highest BCUT2D eigenvalue weighted by atomic mass is 19.1. The zero-order valence-corrected chi connectivity index (χ0v) is 12.1. The molecule has 0 saturated heterocycles. The fourth-order valence-corrected chi connectivity index (χ4v) is 2.10. The Labute approximate surface area is 125 Å². The first-order valence-corrected chi connectivity index (χ1v) is 6.68. The van der Waals surface area contributed by atoms with Crippen molar-refractivity contribution in [2.24, 2.45) is 0 Å². The Balaban J connectivity index is 2.49. The Kier molecular flexibility index (Phi) is 4.67. The van der Waals surface area contributed by atoms with Crippen LogP contribution in [0.5, 0.6) is 0 Å². The van der Waals surface area contributed by atoms with Crippen LogP contribution in [0.25, 0.3) is 10.8 Å². The van der Waals surface area contributed by atoms with Gasteiger partial charge in [0, 0.05) is 17.4 Å². The lowest BCUT2D eigenvalue weighted by molar-refractivity contribution is -0.126. The average molecular weight is 306 g/mol. The Hall–Kier alpha value is -2.54. The number of hydrogen-bond donors (Lipinski definition) is 2. The van der Waals surface area contributed by atoms with E-state index >= 15 is 0 Å². The number of rotatable bonds is 5. The minimum Gasteiger partial charge on any atom is -0.476 e. The van der Waals surface area contributed by atoms with E-state index in [9.17, 15) is 14.0 Å². The van der Waals surface area contributed by atoms with Crippen molar-refractivity contribution in [2.45, 2.75) is 20.0 Å². The van der Waals surface area contributed by atoms with Crippen LogP contribution in [-0.2, 0) is 9.53 Å². The number of pyridine rings is 1. The van der Waals surface area contributed by atoms with Gasteiger partial charge in [-0.15, -0.1) is 0 Å². The molecule has 0 saturated carbocycles. The summed E-state index contributed by atoms with van der Waals surface area (Å²) in [6, 6.07) is 4.46. The van der Waals surface area contributed by atoms with Gasteiger partial charge in [-0.25, -0.2) is 14.2 Å². The number of carbonyl (C=O) groups excluding carboxylic acids is 1. The highest BCUT2D eigenvalue weighted by Gasteiger charge is 2.18. The molecule has 0 spiro atoms. The molecule has 6 nitrogen and oxygen atoms in total. The number of carboxylic acid groups (broad SMARTS) is 1. The van der Waals surface area contributed by atoms with Crippen LogP contribution < -0.4 is 5.32 Å². The summed E-state index contributed by atoms with van der Waals surface area (Å²) in [4.78, 5) is 26.7. The predicted molar refractivity (Wildman–Crippen MR) is 78.4 cm³/mol. The second kappa shape index (κ2) is 6.48. The van der Waals surface area contributed by atoms with Crippen LogP contribution in [0.3, 0.4) is 0 Å². The Morgan fingerprint density at radius 1 is 1.45 bits per heavy atom. The molecule has 0 aliphatic carbocycles. The smallest absolute Gasteiger partial charge is 0.355 e. The number of halogens is 1. The van der Waals surface area contributed by atoms with Crippen molar-refractivity contribution in [2.75, 3.05) is 11.9 Å². The molecule has 2 aromatic rings. The molecule has 0 radical (unpaired) electrons. The number of nitrogens with zero attached hydrogens (tertiary/aromatic N) is 1. The topological polar surface area (TPSA) is 88.5 Å². The maximum Gasteiger partial charge on any atom is 0.355 e. The van der Waals surface area contributed by atoms with Gasteiger partial charge < -0.3 is 15.2 Å². The molecular weight excluding hydrogens is 291 g/mol. The van der Waals surface area contributed by atoms with Crippen LogP contribution >= 0.6 is 0 Å². The molecule has 0 fully saturated rings. The summed E-state index contributed by atoms with van der Waals surface area (Å²) < 4.78 is 19.2. The molecule has 2 rings (SSSR count). The van der Waals surface area contributed by atoms with Crippen LogP contribution in [0, 0.1) is 5.82 Å². The summed E-state index contributed by atoms with van der Waals surface area (Å²) >= 11 is 0. The number of carbonyl (C=O) groups is 2. The summed E-state index contributed by atoms with van der Waals surface area (Å²) in [6.07, 6.45) is 0.122. The number of amides is 1. The maximum atomic E-state index is 14.1. The summed E-state index contributed by atoms with van der Waals surface area (Å²) in [7, 11) is 0. The molecule has 7 heteroatoms. The zero-order valence-electron chi connectivity index (χ0n) is 12.1. The first-order valence-electron chi connectivity index (χ1n) is 6.68. The first-order chi connectivity index (χ1) is 10.5. The zero-order chi connectivity index (χ0) is 16.3. The van der Waals surface area contributed by atoms with E-state index in [1.54, 1.807) is 13.8 Å². The van der Waals surface area contributed by atoms with Crippen LogP contribution in [0.1, 0.15) is 24.3 Å². The lowest BCUT2D eigenvalue weighted by Crippen LogP contribution is -2.27. The fourth-order valence-electron chi connectivity index (χ4n) is 2.10. The third kappa shape index (κ3) is 3.04. The van der Waals surface area contributed by atoms with Gasteiger partial charge in [0.05, 0.1) is 11.9 Å². The molecule has 1 atom stereocenters. The summed E-state index contributed by atoms with van der Waals surface area (Å²) in [5.74, 6) is -2.42. The minimum absolute atomic E-state index is 0.00643. The minimum atomic E-state index is -1.27. The van der Waals surface area contributed by atoms with E-state index < -0.39 is 23.8 Å². The molecule has 1 aromatic heterocycles. The van der Waals surface area contributed by atoms with Gasteiger partial charge in [-0.3, -0.25) is 4.79 Å². The summed E-state index contributed by atoms with van der Waals surface area (Å²) in [5.41, 5.74) is -0.0955. The van der Waals surface area contributed by atoms with Gasteiger partial charge in [-0.2, -0.15) is 0 Å². The van der Waals surface area contributed by atoms with Crippen molar-refractivity contribution in [1.29, 1.82) is 0 Å². The second-order valence-corrected chi connectivity index (χ2v) is 4.57. The number of carboxylic acids is 1. The molecule has 1 amide bonds. The van der Waals surface area contributed by atoms with Crippen LogP contribution in [0.15, 0.2) is 24.4 Å². The number of fused-ring (bicyclic) bond motifs is 1. The van der Waals surface area contributed by atoms with Gasteiger partial charge in [-0.05, 0) is 19.9 Å². The summed E-state index contributed by atoms with van der Waals surface area (Å²) in [6.45, 7) is 3.70. The van der Waals surface area contributed by atoms with Crippen molar-refractivity contribution in [3.05, 3.63) is 35.9 Å². The van der Waals surface area contributed by atoms with Crippen molar-refractivity contribution < 1.29 is 23.8 Å². The quantitative estimate of drug-likeness (QED) is 0.885. The van der Waals surface area contributed by atoms with Gasteiger partial charge in [-0.1, -0.05) is 12.1 Å². The standard InChI is InChI=1S/C15H15FN2O4/c1-3-22-8(2)14(19)18-11-6-4-5-9-12(11)10(16)7-17-13(9)15(20)21/h4-8H,3H2,1-2H3,(H,18,19)(H,20,21). The number of benzene rings is 1. The van der Waals surface area contributed by atoms with Gasteiger partial charge in [0.2, 0.25) is 0 Å². The average Bonchev–Trinajstić information content (AvgIpc) is 2.47. The van der Waals surface area contributed by atoms with Gasteiger partial charge in [0.15, 0.2) is 11.5 Å². The monoisotopic (exact) mass is 306 g/mol. The fraction of sp³-hybridized carbons (Fsp3) is 0.267. The van der Waals surface area contributed by atoms with Gasteiger partial charge in [0.1, 0.15) is 6.10 Å². The van der Waals surface area contributed by atoms with Crippen molar-refractivity contribution in [3.63, 3.8) is 0 Å². The third-order valence-corrected chi connectivity index (χ3v) is 3.11. The van der Waals surface area contributed by atoms with Crippen LogP contribution in [-0.4, -0.2) is 34.7 Å². The van der Waals surface area contributed by atoms with Gasteiger partial charge >= 0.3 is 5.97 Å². The molecule has 1 unspecified atom stereocenters. The molecule has 2 N–H and O–H groups in total. The lowest BCUT2D eigenvalue weighted by Gasteiger charge is -2.14. The molecule has 1 heterocycles. The van der Waals surface area contributed by atoms with E-state index in [2.05, 4.69) is 10.3 Å². The van der Waals surface area contributed by atoms with E-state index in [1.165, 1.54) is 18.2 Å². The van der Waals surface area contributed by atoms with Crippen molar-refractivity contribution >= 4 is 28.3 Å². The van der Waals surface area contributed by atoms with Crippen LogP contribution in [0.4, 0.5) is 10.1 Å². The predicted octanol–water partition coefficient (Wildman–Crippen LogP) is 2.44. The van der Waals surface area contributed by atoms with E-state index in [1.807, 2.05) is 0 Å². The van der Waals surface area contributed by atoms with E-state index in [-0.39, 0.29) is 22.2 Å². The molecule has 0 aliphatic heterocycles. The Morgan fingerprint density at radius 3 is 2.82 bits per heavy atom. The molecular formula is C15H15FN2O4. The molecule has 116 valence electrons. The lowest BCUT2D eigenvalue weighted by atomic mass is 10.1. The number of ether oxygens (including phenoxy) is 1. The molecule has 1 aromatic carbocycles. The number of nitrogens with one attached hydrogen (secondary N) is 1. The highest BCUT2D eigenvalue weighted by Crippen LogP contribution is 2.28. The van der Waals surface area contributed by atoms with Crippen molar-refractivity contribution in [3.8, 4) is 0 Å². The largest absolute Gasteiger partial charge is 0.476 e. The van der Waals surface area contributed by atoms with Crippen molar-refractivity contribution in [1.82, 2.24) is 4.98 Å². The SMILES string of the molecule is CCOC(C)C(=O)Nc1cccc2c(C(=O)O)ncc(F)c12. The number of hydrogen-bond acceptors (Lipinski definition) is 4. The molecule has 0 bridgehead atoms. The Morgan fingerprint density at radius 2 is 2.18 bits per heavy atom. The normalized spacial score (nSPS) is 12.1. The van der Waals surface area contributed by atoms with E-state index in [4.69, 9.17) is 9.84 Å². The number of anilines is 1. The second-order valence-electron chi connectivity index (χ2n) is 4.57. The third-order valence-electron chi connectivity index (χ3n) is 3.11. The van der Waals surface area contributed by atoms with Crippen LogP contribution in [0.2, 0.25) is 0 Å². The molecule has 22 heavy (non-hydrogen) atoms. The number of aromatic nitrogens is 1. The Bertz CT molecular complexity index is 733. The van der Waals surface area contributed by atoms with Gasteiger partial charge in [0.25, 0.3) is 5.91 Å². The first kappa shape index (κ1) is 15.8. The van der Waals surface area contributed by atoms with E-state index in [0.717, 1.165) is 6.20 Å². The maximum absolute atomic E-state index is 14.1. The summed E-state index contributed by atoms with van der Waals surface area (Å²) in [5, 5.41) is 11.8. The number of aromatic carboxylic acids is 1. The highest BCUT2D eigenvalue weighted by molar-refractivity contribution is 6.09.